The Bertz CT molecular complexity index is 707. The van der Waals surface area contributed by atoms with Crippen LogP contribution in [0.4, 0.5) is 0 Å². The molecular weight excluding hydrogens is 306 g/mol. The van der Waals surface area contributed by atoms with Crippen LogP contribution in [-0.4, -0.2) is 14.5 Å². The zero-order valence-electron chi connectivity index (χ0n) is 14.0. The fraction of sp³-hybridized carbons (Fsp3) is 0.368. The van der Waals surface area contributed by atoms with Gasteiger partial charge in [0.25, 0.3) is 0 Å². The van der Waals surface area contributed by atoms with Crippen LogP contribution in [-0.2, 0) is 16.4 Å². The maximum absolute atomic E-state index is 12.4. The van der Waals surface area contributed by atoms with Crippen molar-refractivity contribution in [3.63, 3.8) is 0 Å². The molecule has 0 saturated heterocycles. The van der Waals surface area contributed by atoms with Crippen LogP contribution in [0.15, 0.2) is 59.5 Å². The third-order valence-electron chi connectivity index (χ3n) is 3.92. The lowest BCUT2D eigenvalue weighted by Gasteiger charge is -2.15. The molecular formula is C19H25NO2S. The third-order valence-corrected chi connectivity index (χ3v) is 5.53. The third kappa shape index (κ3) is 5.19. The molecule has 4 heteroatoms. The highest BCUT2D eigenvalue weighted by Gasteiger charge is 2.17. The average Bonchev–Trinajstić information content (AvgIpc) is 2.53. The normalized spacial score (nSPS) is 13.2. The van der Waals surface area contributed by atoms with E-state index in [2.05, 4.69) is 30.7 Å². The molecule has 0 fully saturated rings. The maximum atomic E-state index is 12.4. The Hall–Kier alpha value is -1.65. The number of aryl methyl sites for hydroxylation is 1. The van der Waals surface area contributed by atoms with Gasteiger partial charge in [-0.3, -0.25) is 0 Å². The lowest BCUT2D eigenvalue weighted by molar-refractivity contribution is 0.547. The van der Waals surface area contributed by atoms with Crippen molar-refractivity contribution in [2.75, 3.05) is 0 Å². The van der Waals surface area contributed by atoms with Gasteiger partial charge in [-0.15, -0.1) is 0 Å². The van der Waals surface area contributed by atoms with E-state index in [0.717, 1.165) is 18.4 Å². The summed E-state index contributed by atoms with van der Waals surface area (Å²) in [6.45, 7) is 6.09. The average molecular weight is 331 g/mol. The van der Waals surface area contributed by atoms with E-state index in [1.165, 1.54) is 5.56 Å². The molecule has 23 heavy (non-hydrogen) atoms. The van der Waals surface area contributed by atoms with Gasteiger partial charge in [-0.1, -0.05) is 56.3 Å². The Morgan fingerprint density at radius 1 is 0.913 bits per heavy atom. The number of sulfonamides is 1. The van der Waals surface area contributed by atoms with Crippen molar-refractivity contribution in [3.05, 3.63) is 65.7 Å². The van der Waals surface area contributed by atoms with E-state index in [9.17, 15) is 8.42 Å². The van der Waals surface area contributed by atoms with Gasteiger partial charge in [-0.05, 0) is 48.9 Å². The maximum Gasteiger partial charge on any atom is 0.240 e. The molecule has 0 spiro atoms. The smallest absolute Gasteiger partial charge is 0.208 e. The van der Waals surface area contributed by atoms with Gasteiger partial charge in [0.1, 0.15) is 0 Å². The van der Waals surface area contributed by atoms with E-state index >= 15 is 0 Å². The number of hydrogen-bond acceptors (Lipinski definition) is 2. The molecule has 0 bridgehead atoms. The minimum absolute atomic E-state index is 0.106. The van der Waals surface area contributed by atoms with Crippen LogP contribution in [0.25, 0.3) is 0 Å². The van der Waals surface area contributed by atoms with Crippen molar-refractivity contribution in [2.45, 2.75) is 50.5 Å². The first kappa shape index (κ1) is 17.7. The summed E-state index contributed by atoms with van der Waals surface area (Å²) in [7, 11) is -3.46. The Morgan fingerprint density at radius 2 is 1.52 bits per heavy atom. The highest BCUT2D eigenvalue weighted by molar-refractivity contribution is 7.89. The standard InChI is InChI=1S/C19H25NO2S/c1-15(2)18-11-13-19(14-12-18)23(21,22)20-16(3)9-10-17-7-5-4-6-8-17/h4-8,11-16,20H,9-10H2,1-3H3. The van der Waals surface area contributed by atoms with Crippen LogP contribution >= 0.6 is 0 Å². The molecule has 0 aromatic heterocycles. The predicted octanol–water partition coefficient (Wildman–Crippen LogP) is 4.11. The van der Waals surface area contributed by atoms with Crippen LogP contribution < -0.4 is 4.72 Å². The van der Waals surface area contributed by atoms with Crippen molar-refractivity contribution in [1.29, 1.82) is 0 Å². The largest absolute Gasteiger partial charge is 0.240 e. The van der Waals surface area contributed by atoms with Crippen LogP contribution in [0, 0.1) is 0 Å². The minimum atomic E-state index is -3.46. The van der Waals surface area contributed by atoms with Crippen molar-refractivity contribution >= 4 is 10.0 Å². The highest BCUT2D eigenvalue weighted by Crippen LogP contribution is 2.17. The Morgan fingerprint density at radius 3 is 2.09 bits per heavy atom. The first-order chi connectivity index (χ1) is 10.9. The van der Waals surface area contributed by atoms with Crippen LogP contribution in [0.1, 0.15) is 44.2 Å². The van der Waals surface area contributed by atoms with Gasteiger partial charge in [0.2, 0.25) is 10.0 Å². The van der Waals surface area contributed by atoms with E-state index in [4.69, 9.17) is 0 Å². The molecule has 0 heterocycles. The molecule has 0 amide bonds. The van der Waals surface area contributed by atoms with Gasteiger partial charge in [-0.2, -0.15) is 0 Å². The molecule has 0 saturated carbocycles. The Kier molecular flexibility index (Phi) is 5.97. The molecule has 0 aliphatic heterocycles. The van der Waals surface area contributed by atoms with E-state index < -0.39 is 10.0 Å². The van der Waals surface area contributed by atoms with Gasteiger partial charge in [0, 0.05) is 6.04 Å². The number of nitrogens with one attached hydrogen (secondary N) is 1. The predicted molar refractivity (Wildman–Crippen MR) is 95.1 cm³/mol. The van der Waals surface area contributed by atoms with Gasteiger partial charge >= 0.3 is 0 Å². The van der Waals surface area contributed by atoms with Crippen molar-refractivity contribution in [1.82, 2.24) is 4.72 Å². The van der Waals surface area contributed by atoms with E-state index in [1.54, 1.807) is 12.1 Å². The molecule has 2 aromatic carbocycles. The fourth-order valence-corrected chi connectivity index (χ4v) is 3.73. The molecule has 0 aliphatic rings. The highest BCUT2D eigenvalue weighted by atomic mass is 32.2. The van der Waals surface area contributed by atoms with Gasteiger partial charge in [0.05, 0.1) is 4.90 Å². The SMILES string of the molecule is CC(CCc1ccccc1)NS(=O)(=O)c1ccc(C(C)C)cc1. The van der Waals surface area contributed by atoms with Crippen molar-refractivity contribution in [2.24, 2.45) is 0 Å². The molecule has 2 aromatic rings. The summed E-state index contributed by atoms with van der Waals surface area (Å²) in [5.41, 5.74) is 2.36. The second-order valence-electron chi connectivity index (χ2n) is 6.27. The lowest BCUT2D eigenvalue weighted by atomic mass is 10.0. The fourth-order valence-electron chi connectivity index (χ4n) is 2.45. The molecule has 1 unspecified atom stereocenters. The summed E-state index contributed by atoms with van der Waals surface area (Å²) in [5.74, 6) is 0.393. The van der Waals surface area contributed by atoms with Crippen LogP contribution in [0.2, 0.25) is 0 Å². The summed E-state index contributed by atoms with van der Waals surface area (Å²) in [6.07, 6.45) is 1.63. The molecule has 2 rings (SSSR count). The quantitative estimate of drug-likeness (QED) is 0.830. The van der Waals surface area contributed by atoms with Gasteiger partial charge in [-0.25, -0.2) is 13.1 Å². The molecule has 0 aliphatic carbocycles. The molecule has 0 radical (unpaired) electrons. The number of hydrogen-bond donors (Lipinski definition) is 1. The lowest BCUT2D eigenvalue weighted by Crippen LogP contribution is -2.32. The molecule has 3 nitrogen and oxygen atoms in total. The number of rotatable bonds is 7. The number of benzene rings is 2. The summed E-state index contributed by atoms with van der Waals surface area (Å²) in [5, 5.41) is 0. The van der Waals surface area contributed by atoms with E-state index in [-0.39, 0.29) is 6.04 Å². The van der Waals surface area contributed by atoms with Crippen molar-refractivity contribution < 1.29 is 8.42 Å². The van der Waals surface area contributed by atoms with E-state index in [0.29, 0.717) is 10.8 Å². The summed E-state index contributed by atoms with van der Waals surface area (Å²) in [6, 6.07) is 17.1. The second kappa shape index (κ2) is 7.75. The second-order valence-corrected chi connectivity index (χ2v) is 7.98. The zero-order chi connectivity index (χ0) is 16.9. The monoisotopic (exact) mass is 331 g/mol. The minimum Gasteiger partial charge on any atom is -0.208 e. The Labute approximate surface area is 139 Å². The molecule has 1 atom stereocenters. The van der Waals surface area contributed by atoms with Crippen LogP contribution in [0.5, 0.6) is 0 Å². The topological polar surface area (TPSA) is 46.2 Å². The van der Waals surface area contributed by atoms with Crippen molar-refractivity contribution in [3.8, 4) is 0 Å². The summed E-state index contributed by atoms with van der Waals surface area (Å²) < 4.78 is 27.6. The Balaban J connectivity index is 1.97. The summed E-state index contributed by atoms with van der Waals surface area (Å²) in [4.78, 5) is 0.327. The molecule has 1 N–H and O–H groups in total. The first-order valence-corrected chi connectivity index (χ1v) is 9.53. The van der Waals surface area contributed by atoms with Gasteiger partial charge < -0.3 is 0 Å². The summed E-state index contributed by atoms with van der Waals surface area (Å²) >= 11 is 0. The van der Waals surface area contributed by atoms with Gasteiger partial charge in [0.15, 0.2) is 0 Å². The first-order valence-electron chi connectivity index (χ1n) is 8.04. The van der Waals surface area contributed by atoms with Crippen LogP contribution in [0.3, 0.4) is 0 Å². The van der Waals surface area contributed by atoms with E-state index in [1.807, 2.05) is 37.3 Å². The molecule has 124 valence electrons. The zero-order valence-corrected chi connectivity index (χ0v) is 14.8.